The fourth-order valence-electron chi connectivity index (χ4n) is 2.86. The van der Waals surface area contributed by atoms with Gasteiger partial charge in [0, 0.05) is 12.1 Å². The molecule has 0 radical (unpaired) electrons. The summed E-state index contributed by atoms with van der Waals surface area (Å²) in [4.78, 5) is 0. The molecule has 0 heterocycles. The van der Waals surface area contributed by atoms with Crippen molar-refractivity contribution in [3.63, 3.8) is 0 Å². The second-order valence-corrected chi connectivity index (χ2v) is 7.45. The zero-order valence-electron chi connectivity index (χ0n) is 19.1. The van der Waals surface area contributed by atoms with Gasteiger partial charge in [0.2, 0.25) is 0 Å². The number of aliphatic hydroxyl groups is 4. The van der Waals surface area contributed by atoms with E-state index < -0.39 is 62.9 Å². The molecule has 0 aromatic heterocycles. The van der Waals surface area contributed by atoms with Crippen LogP contribution in [0.3, 0.4) is 0 Å². The standard InChI is InChI=1S/C18H26N8O12/c27-8-16(28)18(30)17(29)13(22-21-12-4-2-10(24(33)34)6-15(12)26(37)38)7-19-20-11-3-1-9(23(31)32)5-14(11)25(35)36/h1-7,16-18,20-21,23-31,33,35,37H,8H2/t16-,17+,18-/m1/s1. The molecule has 210 valence electrons. The van der Waals surface area contributed by atoms with Crippen LogP contribution in [-0.4, -0.2) is 78.1 Å². The van der Waals surface area contributed by atoms with E-state index in [1.54, 1.807) is 0 Å². The van der Waals surface area contributed by atoms with E-state index >= 15 is 0 Å². The lowest BCUT2D eigenvalue weighted by molar-refractivity contribution is -0.996. The number of aliphatic hydroxyl groups excluding tert-OH is 4. The minimum atomic E-state index is -2.03. The zero-order valence-corrected chi connectivity index (χ0v) is 19.1. The Morgan fingerprint density at radius 1 is 0.789 bits per heavy atom. The van der Waals surface area contributed by atoms with E-state index in [0.717, 1.165) is 42.6 Å². The number of hydrogen-bond acceptors (Lipinski definition) is 16. The molecule has 0 saturated heterocycles. The van der Waals surface area contributed by atoms with Crippen LogP contribution >= 0.6 is 0 Å². The van der Waals surface area contributed by atoms with Gasteiger partial charge >= 0.3 is 0 Å². The Bertz CT molecular complexity index is 1120. The smallest absolute Gasteiger partial charge is 0.195 e. The van der Waals surface area contributed by atoms with Crippen molar-refractivity contribution in [3.05, 3.63) is 57.2 Å². The van der Waals surface area contributed by atoms with Crippen molar-refractivity contribution >= 4 is 46.1 Å². The molecule has 0 amide bonds. The quantitative estimate of drug-likeness (QED) is 0.0822. The highest BCUT2D eigenvalue weighted by atomic mass is 16.8. The van der Waals surface area contributed by atoms with Gasteiger partial charge < -0.3 is 41.3 Å². The average molecular weight is 546 g/mol. The Hall–Kier alpha value is -3.26. The van der Waals surface area contributed by atoms with Crippen LogP contribution in [0, 0.1) is 20.8 Å². The largest absolute Gasteiger partial charge is 0.595 e. The first-order chi connectivity index (χ1) is 17.9. The first-order valence-electron chi connectivity index (χ1n) is 10.4. The Kier molecular flexibility index (Phi) is 11.4. The van der Waals surface area contributed by atoms with Gasteiger partial charge in [-0.25, -0.2) is 20.8 Å². The highest BCUT2D eigenvalue weighted by Gasteiger charge is 2.28. The maximum Gasteiger partial charge on any atom is 0.195 e. The zero-order chi connectivity index (χ0) is 28.6. The van der Waals surface area contributed by atoms with Gasteiger partial charge in [0.05, 0.1) is 25.0 Å². The Morgan fingerprint density at radius 3 is 1.68 bits per heavy atom. The molecule has 0 saturated carbocycles. The number of quaternary nitrogens is 4. The van der Waals surface area contributed by atoms with Crippen LogP contribution in [0.5, 0.6) is 0 Å². The fraction of sp³-hybridized carbons (Fsp3) is 0.222. The fourth-order valence-corrected chi connectivity index (χ4v) is 2.86. The van der Waals surface area contributed by atoms with Crippen LogP contribution in [0.1, 0.15) is 0 Å². The number of rotatable bonds is 13. The number of nitrogens with zero attached hydrogens (tertiary/aromatic N) is 2. The Morgan fingerprint density at radius 2 is 1.26 bits per heavy atom. The predicted molar refractivity (Wildman–Crippen MR) is 124 cm³/mol. The summed E-state index contributed by atoms with van der Waals surface area (Å²) in [6.07, 6.45) is -5.11. The summed E-state index contributed by atoms with van der Waals surface area (Å²) in [5.74, 6) is 0. The molecule has 7 atom stereocenters. The van der Waals surface area contributed by atoms with Gasteiger partial charge in [-0.2, -0.15) is 31.1 Å². The molecule has 0 aliphatic carbocycles. The Balaban J connectivity index is 2.41. The lowest BCUT2D eigenvalue weighted by atomic mass is 10.0. The molecule has 4 unspecified atom stereocenters. The van der Waals surface area contributed by atoms with Crippen molar-refractivity contribution in [1.29, 1.82) is 0 Å². The summed E-state index contributed by atoms with van der Waals surface area (Å²) in [5, 5.41) is 123. The third-order valence-corrected chi connectivity index (χ3v) is 4.89. The van der Waals surface area contributed by atoms with Crippen molar-refractivity contribution in [2.75, 3.05) is 17.5 Å². The van der Waals surface area contributed by atoms with Crippen molar-refractivity contribution in [3.8, 4) is 0 Å². The summed E-state index contributed by atoms with van der Waals surface area (Å²) in [6.45, 7) is -0.952. The molecule has 0 aliphatic rings. The van der Waals surface area contributed by atoms with E-state index in [1.807, 2.05) is 0 Å². The SMILES string of the molecule is [O-][NH+](O)c1ccc(NN=CC(=NNc2ccc([NH+]([O-])O)cc2[NH+]([O-])O)[C@H](O)[C@H](O)[C@H](O)CO)c([NH+]([O-])O)c1. The first-order valence-corrected chi connectivity index (χ1v) is 10.4. The van der Waals surface area contributed by atoms with E-state index in [9.17, 15) is 46.6 Å². The second kappa shape index (κ2) is 14.0. The molecule has 2 rings (SSSR count). The summed E-state index contributed by atoms with van der Waals surface area (Å²) in [5.41, 5.74) is 1.96. The highest BCUT2D eigenvalue weighted by molar-refractivity contribution is 6.33. The van der Waals surface area contributed by atoms with Gasteiger partial charge in [-0.05, 0) is 12.1 Å². The normalized spacial score (nSPS) is 17.9. The third-order valence-electron chi connectivity index (χ3n) is 4.89. The lowest BCUT2D eigenvalue weighted by Crippen LogP contribution is -3.00. The second-order valence-electron chi connectivity index (χ2n) is 7.45. The summed E-state index contributed by atoms with van der Waals surface area (Å²) in [6, 6.07) is 6.03. The minimum Gasteiger partial charge on any atom is -0.595 e. The molecule has 2 aromatic rings. The molecular formula is C18H26N8O12. The van der Waals surface area contributed by atoms with Gasteiger partial charge in [-0.15, -0.1) is 0 Å². The monoisotopic (exact) mass is 546 g/mol. The van der Waals surface area contributed by atoms with E-state index in [2.05, 4.69) is 21.1 Å². The molecule has 0 fully saturated rings. The predicted octanol–water partition coefficient (Wildman–Crippen LogP) is -5.76. The van der Waals surface area contributed by atoms with E-state index in [1.165, 1.54) is 0 Å². The van der Waals surface area contributed by atoms with Gasteiger partial charge in [0.25, 0.3) is 0 Å². The Labute approximate surface area is 212 Å². The van der Waals surface area contributed by atoms with E-state index in [0.29, 0.717) is 0 Å². The topological polar surface area (TPSA) is 321 Å². The number of hydrazone groups is 2. The van der Waals surface area contributed by atoms with Crippen LogP contribution in [0.4, 0.5) is 34.1 Å². The molecule has 0 aliphatic heterocycles. The molecule has 14 N–H and O–H groups in total. The van der Waals surface area contributed by atoms with Gasteiger partial charge in [0.15, 0.2) is 22.7 Å². The number of nitrogens with one attached hydrogen (secondary N) is 6. The van der Waals surface area contributed by atoms with Crippen LogP contribution in [0.25, 0.3) is 0 Å². The van der Waals surface area contributed by atoms with Crippen LogP contribution in [-0.2, 0) is 0 Å². The highest BCUT2D eigenvalue weighted by Crippen LogP contribution is 2.22. The van der Waals surface area contributed by atoms with Gasteiger partial charge in [0.1, 0.15) is 35.4 Å². The summed E-state index contributed by atoms with van der Waals surface area (Å²) >= 11 is 0. The molecular weight excluding hydrogens is 520 g/mol. The van der Waals surface area contributed by atoms with Crippen LogP contribution in [0.2, 0.25) is 0 Å². The average Bonchev–Trinajstić information content (AvgIpc) is 2.88. The van der Waals surface area contributed by atoms with E-state index in [-0.39, 0.29) is 22.7 Å². The van der Waals surface area contributed by atoms with Crippen molar-refractivity contribution in [2.45, 2.75) is 18.3 Å². The molecule has 0 spiro atoms. The molecule has 20 nitrogen and oxygen atoms in total. The molecule has 38 heavy (non-hydrogen) atoms. The van der Waals surface area contributed by atoms with Crippen molar-refractivity contribution in [1.82, 2.24) is 0 Å². The first kappa shape index (κ1) is 31.0. The number of anilines is 2. The number of benzene rings is 2. The number of hydrogen-bond donors (Lipinski definition) is 14. The summed E-state index contributed by atoms with van der Waals surface area (Å²) < 4.78 is 0. The third kappa shape index (κ3) is 8.12. The van der Waals surface area contributed by atoms with Crippen LogP contribution in [0.15, 0.2) is 46.6 Å². The van der Waals surface area contributed by atoms with Gasteiger partial charge in [-0.1, -0.05) is 0 Å². The molecule has 0 bridgehead atoms. The lowest BCUT2D eigenvalue weighted by Gasteiger charge is -2.22. The van der Waals surface area contributed by atoms with Crippen LogP contribution < -0.4 is 31.8 Å². The minimum absolute atomic E-state index is 0.172. The van der Waals surface area contributed by atoms with E-state index in [4.69, 9.17) is 15.5 Å². The maximum atomic E-state index is 11.5. The molecule has 2 aromatic carbocycles. The van der Waals surface area contributed by atoms with Crippen molar-refractivity contribution < 1.29 is 62.2 Å². The summed E-state index contributed by atoms with van der Waals surface area (Å²) in [7, 11) is 0. The van der Waals surface area contributed by atoms with Crippen molar-refractivity contribution in [2.24, 2.45) is 10.2 Å². The van der Waals surface area contributed by atoms with Gasteiger partial charge in [-0.3, -0.25) is 10.9 Å². The molecule has 20 heteroatoms. The maximum absolute atomic E-state index is 11.5.